The number of benzene rings is 1. The minimum atomic E-state index is 0.530. The minimum absolute atomic E-state index is 0.530. The van der Waals surface area contributed by atoms with Crippen LogP contribution in [0.15, 0.2) is 18.2 Å². The molecule has 0 bridgehead atoms. The third-order valence-corrected chi connectivity index (χ3v) is 4.79. The van der Waals surface area contributed by atoms with Crippen LogP contribution in [0.4, 0.5) is 0 Å². The smallest absolute Gasteiger partial charge is 0.0409 e. The van der Waals surface area contributed by atoms with E-state index in [4.69, 9.17) is 11.6 Å². The molecule has 1 aromatic carbocycles. The zero-order valence-electron chi connectivity index (χ0n) is 11.1. The molecule has 18 heavy (non-hydrogen) atoms. The Morgan fingerprint density at radius 1 is 1.17 bits per heavy atom. The van der Waals surface area contributed by atoms with Gasteiger partial charge in [0.05, 0.1) is 0 Å². The number of nitrogens with one attached hydrogen (secondary N) is 1. The van der Waals surface area contributed by atoms with Crippen molar-refractivity contribution in [3.8, 4) is 0 Å². The molecule has 1 N–H and O–H groups in total. The highest BCUT2D eigenvalue weighted by atomic mass is 35.5. The Hall–Kier alpha value is -0.530. The van der Waals surface area contributed by atoms with E-state index >= 15 is 0 Å². The molecule has 2 aliphatic rings. The molecular formula is C16H22ClN. The predicted molar refractivity (Wildman–Crippen MR) is 77.1 cm³/mol. The Balaban J connectivity index is 1.92. The average molecular weight is 264 g/mol. The summed E-state index contributed by atoms with van der Waals surface area (Å²) in [4.78, 5) is 0. The van der Waals surface area contributed by atoms with Crippen LogP contribution in [-0.2, 0) is 6.42 Å². The van der Waals surface area contributed by atoms with Gasteiger partial charge in [-0.25, -0.2) is 0 Å². The highest BCUT2D eigenvalue weighted by molar-refractivity contribution is 6.30. The Kier molecular flexibility index (Phi) is 3.63. The van der Waals surface area contributed by atoms with E-state index in [9.17, 15) is 0 Å². The number of fused-ring (bicyclic) bond motifs is 1. The van der Waals surface area contributed by atoms with Gasteiger partial charge in [0.15, 0.2) is 0 Å². The summed E-state index contributed by atoms with van der Waals surface area (Å²) in [7, 11) is 0. The van der Waals surface area contributed by atoms with E-state index in [1.807, 2.05) is 6.07 Å². The monoisotopic (exact) mass is 263 g/mol. The lowest BCUT2D eigenvalue weighted by atomic mass is 9.77. The van der Waals surface area contributed by atoms with Crippen LogP contribution >= 0.6 is 11.6 Å². The van der Waals surface area contributed by atoms with Crippen molar-refractivity contribution < 1.29 is 0 Å². The second-order valence-corrected chi connectivity index (χ2v) is 6.43. The van der Waals surface area contributed by atoms with Crippen LogP contribution in [-0.4, -0.2) is 6.04 Å². The van der Waals surface area contributed by atoms with Crippen LogP contribution in [0.3, 0.4) is 0 Å². The molecule has 3 rings (SSSR count). The highest BCUT2D eigenvalue weighted by Crippen LogP contribution is 2.39. The third-order valence-electron chi connectivity index (χ3n) is 4.55. The standard InChI is InChI=1S/C16H22ClN/c1-11-9-13-7-8-14(17)10-15(13)16(18-11)12-5-3-2-4-6-12/h7-8,10-12,16,18H,2-6,9H2,1H3. The van der Waals surface area contributed by atoms with Gasteiger partial charge in [0.1, 0.15) is 0 Å². The quantitative estimate of drug-likeness (QED) is 0.787. The first kappa shape index (κ1) is 12.5. The second kappa shape index (κ2) is 5.22. The molecule has 1 heterocycles. The minimum Gasteiger partial charge on any atom is -0.307 e. The summed E-state index contributed by atoms with van der Waals surface area (Å²) in [5, 5.41) is 4.69. The lowest BCUT2D eigenvalue weighted by Crippen LogP contribution is -2.41. The van der Waals surface area contributed by atoms with Gasteiger partial charge in [0, 0.05) is 17.1 Å². The predicted octanol–water partition coefficient (Wildman–Crippen LogP) is 4.50. The Labute approximate surface area is 115 Å². The summed E-state index contributed by atoms with van der Waals surface area (Å²) in [5.41, 5.74) is 2.97. The summed E-state index contributed by atoms with van der Waals surface area (Å²) in [5.74, 6) is 0.804. The first-order chi connectivity index (χ1) is 8.74. The van der Waals surface area contributed by atoms with Crippen molar-refractivity contribution in [1.82, 2.24) is 5.32 Å². The van der Waals surface area contributed by atoms with E-state index in [0.29, 0.717) is 12.1 Å². The van der Waals surface area contributed by atoms with Crippen molar-refractivity contribution in [2.24, 2.45) is 5.92 Å². The van der Waals surface area contributed by atoms with E-state index < -0.39 is 0 Å². The molecule has 1 aliphatic carbocycles. The van der Waals surface area contributed by atoms with Crippen molar-refractivity contribution in [2.75, 3.05) is 0 Å². The van der Waals surface area contributed by atoms with Crippen LogP contribution in [0, 0.1) is 5.92 Å². The normalized spacial score (nSPS) is 29.0. The molecule has 1 saturated carbocycles. The zero-order chi connectivity index (χ0) is 12.5. The first-order valence-corrected chi connectivity index (χ1v) is 7.66. The largest absolute Gasteiger partial charge is 0.307 e. The maximum Gasteiger partial charge on any atom is 0.0409 e. The van der Waals surface area contributed by atoms with Gasteiger partial charge < -0.3 is 5.32 Å². The van der Waals surface area contributed by atoms with E-state index in [-0.39, 0.29) is 0 Å². The van der Waals surface area contributed by atoms with Gasteiger partial charge in [0.2, 0.25) is 0 Å². The van der Waals surface area contributed by atoms with Crippen molar-refractivity contribution in [2.45, 2.75) is 57.5 Å². The van der Waals surface area contributed by atoms with Gasteiger partial charge in [-0.1, -0.05) is 36.9 Å². The van der Waals surface area contributed by atoms with Crippen molar-refractivity contribution in [3.05, 3.63) is 34.3 Å². The second-order valence-electron chi connectivity index (χ2n) is 5.99. The lowest BCUT2D eigenvalue weighted by molar-refractivity contribution is 0.245. The van der Waals surface area contributed by atoms with Gasteiger partial charge in [-0.2, -0.15) is 0 Å². The highest BCUT2D eigenvalue weighted by Gasteiger charge is 2.31. The maximum atomic E-state index is 6.19. The molecule has 1 nitrogen and oxygen atoms in total. The summed E-state index contributed by atoms with van der Waals surface area (Å²) in [6, 6.07) is 7.57. The van der Waals surface area contributed by atoms with E-state index in [0.717, 1.165) is 17.4 Å². The fourth-order valence-electron chi connectivity index (χ4n) is 3.68. The molecule has 1 aromatic rings. The average Bonchev–Trinajstić information content (AvgIpc) is 2.39. The van der Waals surface area contributed by atoms with Crippen molar-refractivity contribution in [1.29, 1.82) is 0 Å². The van der Waals surface area contributed by atoms with E-state index in [1.54, 1.807) is 0 Å². The molecule has 2 heteroatoms. The SMILES string of the molecule is CC1Cc2ccc(Cl)cc2C(C2CCCCC2)N1. The number of halogens is 1. The van der Waals surface area contributed by atoms with Crippen molar-refractivity contribution >= 4 is 11.6 Å². The summed E-state index contributed by atoms with van der Waals surface area (Å²) >= 11 is 6.19. The molecule has 2 atom stereocenters. The Morgan fingerprint density at radius 3 is 2.72 bits per heavy atom. The zero-order valence-corrected chi connectivity index (χ0v) is 11.8. The molecule has 0 amide bonds. The number of rotatable bonds is 1. The number of hydrogen-bond donors (Lipinski definition) is 1. The van der Waals surface area contributed by atoms with Gasteiger partial charge >= 0.3 is 0 Å². The fourth-order valence-corrected chi connectivity index (χ4v) is 3.86. The van der Waals surface area contributed by atoms with Crippen LogP contribution < -0.4 is 5.32 Å². The molecule has 0 radical (unpaired) electrons. The Bertz CT molecular complexity index is 423. The Morgan fingerprint density at radius 2 is 1.94 bits per heavy atom. The molecule has 1 fully saturated rings. The molecular weight excluding hydrogens is 242 g/mol. The van der Waals surface area contributed by atoms with Gasteiger partial charge in [-0.15, -0.1) is 0 Å². The van der Waals surface area contributed by atoms with Crippen molar-refractivity contribution in [3.63, 3.8) is 0 Å². The van der Waals surface area contributed by atoms with Crippen LogP contribution in [0.5, 0.6) is 0 Å². The first-order valence-electron chi connectivity index (χ1n) is 7.28. The van der Waals surface area contributed by atoms with Gasteiger partial charge in [-0.05, 0) is 55.4 Å². The maximum absolute atomic E-state index is 6.19. The molecule has 0 aromatic heterocycles. The molecule has 0 spiro atoms. The van der Waals surface area contributed by atoms with E-state index in [2.05, 4.69) is 24.4 Å². The van der Waals surface area contributed by atoms with Crippen LogP contribution in [0.2, 0.25) is 5.02 Å². The van der Waals surface area contributed by atoms with Crippen LogP contribution in [0.25, 0.3) is 0 Å². The van der Waals surface area contributed by atoms with Gasteiger partial charge in [0.25, 0.3) is 0 Å². The molecule has 1 aliphatic heterocycles. The fraction of sp³-hybridized carbons (Fsp3) is 0.625. The number of hydrogen-bond acceptors (Lipinski definition) is 1. The third kappa shape index (κ3) is 2.44. The van der Waals surface area contributed by atoms with E-state index in [1.165, 1.54) is 43.2 Å². The summed E-state index contributed by atoms with van der Waals surface area (Å²) in [6.45, 7) is 2.30. The van der Waals surface area contributed by atoms with Gasteiger partial charge in [-0.3, -0.25) is 0 Å². The lowest BCUT2D eigenvalue weighted by Gasteiger charge is -2.38. The topological polar surface area (TPSA) is 12.0 Å². The molecule has 2 unspecified atom stereocenters. The van der Waals surface area contributed by atoms with Crippen LogP contribution in [0.1, 0.15) is 56.2 Å². The summed E-state index contributed by atoms with van der Waals surface area (Å²) in [6.07, 6.45) is 8.09. The molecule has 98 valence electrons. The summed E-state index contributed by atoms with van der Waals surface area (Å²) < 4.78 is 0. The molecule has 0 saturated heterocycles.